The Balaban J connectivity index is 2.29. The lowest BCUT2D eigenvalue weighted by Gasteiger charge is -2.37. The van der Waals surface area contributed by atoms with Gasteiger partial charge in [0.25, 0.3) is 0 Å². The summed E-state index contributed by atoms with van der Waals surface area (Å²) in [7, 11) is 0. The van der Waals surface area contributed by atoms with Gasteiger partial charge in [-0.15, -0.1) is 0 Å². The molecule has 2 rings (SSSR count). The van der Waals surface area contributed by atoms with Crippen LogP contribution in [0.3, 0.4) is 0 Å². The fourth-order valence-corrected chi connectivity index (χ4v) is 2.07. The quantitative estimate of drug-likeness (QED) is 0.926. The molecule has 1 N–H and O–H groups in total. The van der Waals surface area contributed by atoms with Crippen LogP contribution in [0.4, 0.5) is 10.6 Å². The largest absolute Gasteiger partial charge is 0.478 e. The van der Waals surface area contributed by atoms with Gasteiger partial charge in [-0.1, -0.05) is 0 Å². The maximum Gasteiger partial charge on any atom is 0.416 e. The summed E-state index contributed by atoms with van der Waals surface area (Å²) in [5.74, 6) is -0.717. The van der Waals surface area contributed by atoms with E-state index in [1.807, 2.05) is 0 Å². The number of carboxylic acids is 1. The lowest BCUT2D eigenvalue weighted by atomic mass is 9.91. The van der Waals surface area contributed by atoms with Gasteiger partial charge in [0.15, 0.2) is 0 Å². The fraction of sp³-hybridized carbons (Fsp3) is 0.533. The first-order valence-electron chi connectivity index (χ1n) is 6.99. The summed E-state index contributed by atoms with van der Waals surface area (Å²) < 4.78 is 5.41. The highest BCUT2D eigenvalue weighted by Gasteiger charge is 2.34. The maximum atomic E-state index is 12.4. The Morgan fingerprint density at radius 3 is 2.52 bits per heavy atom. The van der Waals surface area contributed by atoms with Crippen molar-refractivity contribution in [3.63, 3.8) is 0 Å². The number of anilines is 1. The predicted molar refractivity (Wildman–Crippen MR) is 77.5 cm³/mol. The number of nitrogens with zero attached hydrogens (tertiary/aromatic N) is 2. The van der Waals surface area contributed by atoms with Gasteiger partial charge in [0.05, 0.1) is 5.56 Å². The number of hydrogen-bond donors (Lipinski definition) is 1. The van der Waals surface area contributed by atoms with E-state index in [0.717, 1.165) is 19.3 Å². The molecule has 0 radical (unpaired) electrons. The Bertz CT molecular complexity index is 547. The molecule has 0 bridgehead atoms. The molecular formula is C15H20N2O4. The van der Waals surface area contributed by atoms with Crippen LogP contribution >= 0.6 is 0 Å². The summed E-state index contributed by atoms with van der Waals surface area (Å²) in [5.41, 5.74) is -0.503. The lowest BCUT2D eigenvalue weighted by Crippen LogP contribution is -2.47. The van der Waals surface area contributed by atoms with E-state index in [1.165, 1.54) is 23.2 Å². The minimum absolute atomic E-state index is 0.0244. The van der Waals surface area contributed by atoms with Gasteiger partial charge in [-0.3, -0.25) is 4.90 Å². The summed E-state index contributed by atoms with van der Waals surface area (Å²) in [6.45, 7) is 5.39. The molecule has 1 aliphatic rings. The molecule has 0 spiro atoms. The average Bonchev–Trinajstić information content (AvgIpc) is 2.31. The zero-order valence-electron chi connectivity index (χ0n) is 12.5. The van der Waals surface area contributed by atoms with Crippen molar-refractivity contribution in [3.8, 4) is 0 Å². The molecule has 6 nitrogen and oxygen atoms in total. The van der Waals surface area contributed by atoms with E-state index in [9.17, 15) is 9.59 Å². The van der Waals surface area contributed by atoms with E-state index in [0.29, 0.717) is 5.82 Å². The van der Waals surface area contributed by atoms with Gasteiger partial charge >= 0.3 is 12.1 Å². The molecule has 1 heterocycles. The van der Waals surface area contributed by atoms with Crippen LogP contribution in [-0.4, -0.2) is 33.8 Å². The van der Waals surface area contributed by atoms with Crippen molar-refractivity contribution in [1.29, 1.82) is 0 Å². The van der Waals surface area contributed by atoms with Gasteiger partial charge in [0.1, 0.15) is 11.4 Å². The van der Waals surface area contributed by atoms with Crippen molar-refractivity contribution in [1.82, 2.24) is 4.98 Å². The van der Waals surface area contributed by atoms with Crippen LogP contribution in [0.2, 0.25) is 0 Å². The number of aromatic carboxylic acids is 1. The first-order chi connectivity index (χ1) is 9.78. The zero-order valence-corrected chi connectivity index (χ0v) is 12.5. The Morgan fingerprint density at radius 2 is 2.05 bits per heavy atom. The molecule has 1 saturated carbocycles. The summed E-state index contributed by atoms with van der Waals surface area (Å²) >= 11 is 0. The molecule has 21 heavy (non-hydrogen) atoms. The zero-order chi connectivity index (χ0) is 15.6. The summed E-state index contributed by atoms with van der Waals surface area (Å²) in [6, 6.07) is 2.83. The number of pyridine rings is 1. The van der Waals surface area contributed by atoms with Crippen molar-refractivity contribution in [2.75, 3.05) is 4.90 Å². The topological polar surface area (TPSA) is 79.7 Å². The number of ether oxygens (including phenoxy) is 1. The molecule has 0 atom stereocenters. The van der Waals surface area contributed by atoms with Gasteiger partial charge < -0.3 is 9.84 Å². The molecule has 0 saturated heterocycles. The number of hydrogen-bond acceptors (Lipinski definition) is 4. The van der Waals surface area contributed by atoms with E-state index >= 15 is 0 Å². The smallest absolute Gasteiger partial charge is 0.416 e. The number of aromatic nitrogens is 1. The van der Waals surface area contributed by atoms with E-state index in [2.05, 4.69) is 4.98 Å². The molecule has 1 fully saturated rings. The summed E-state index contributed by atoms with van der Waals surface area (Å²) in [4.78, 5) is 29.1. The van der Waals surface area contributed by atoms with Crippen LogP contribution in [-0.2, 0) is 4.74 Å². The third kappa shape index (κ3) is 3.71. The molecule has 114 valence electrons. The van der Waals surface area contributed by atoms with Crippen LogP contribution in [0, 0.1) is 0 Å². The third-order valence-electron chi connectivity index (χ3n) is 3.27. The molecule has 1 amide bonds. The minimum Gasteiger partial charge on any atom is -0.478 e. The Hall–Kier alpha value is -2.11. The molecule has 6 heteroatoms. The molecule has 0 aromatic carbocycles. The fourth-order valence-electron chi connectivity index (χ4n) is 2.07. The van der Waals surface area contributed by atoms with Crippen molar-refractivity contribution in [3.05, 3.63) is 23.9 Å². The number of amides is 1. The SMILES string of the molecule is CC(C)(C)OC(=O)N(c1cc(C(=O)O)ccn1)C1CCC1. The molecular weight excluding hydrogens is 272 g/mol. The number of carbonyl (C=O) groups is 2. The first kappa shape index (κ1) is 15.3. The third-order valence-corrected chi connectivity index (χ3v) is 3.27. The Labute approximate surface area is 123 Å². The van der Waals surface area contributed by atoms with Gasteiger partial charge in [0, 0.05) is 12.2 Å². The molecule has 1 aromatic heterocycles. The van der Waals surface area contributed by atoms with E-state index < -0.39 is 17.7 Å². The van der Waals surface area contributed by atoms with Crippen LogP contribution in [0.1, 0.15) is 50.4 Å². The standard InChI is InChI=1S/C15H20N2O4/c1-15(2,3)21-14(20)17(11-5-4-6-11)12-9-10(13(18)19)7-8-16-12/h7-9,11H,4-6H2,1-3H3,(H,18,19). The molecule has 1 aromatic rings. The first-order valence-corrected chi connectivity index (χ1v) is 6.99. The van der Waals surface area contributed by atoms with E-state index in [1.54, 1.807) is 20.8 Å². The molecule has 1 aliphatic carbocycles. The number of carbonyl (C=O) groups excluding carboxylic acids is 1. The summed E-state index contributed by atoms with van der Waals surface area (Å²) in [6.07, 6.45) is 3.70. The van der Waals surface area contributed by atoms with Gasteiger partial charge in [-0.05, 0) is 52.2 Å². The number of rotatable bonds is 3. The highest BCUT2D eigenvalue weighted by Crippen LogP contribution is 2.30. The van der Waals surface area contributed by atoms with Gasteiger partial charge in [-0.2, -0.15) is 0 Å². The van der Waals surface area contributed by atoms with E-state index in [-0.39, 0.29) is 11.6 Å². The molecule has 0 unspecified atom stereocenters. The van der Waals surface area contributed by atoms with Crippen molar-refractivity contribution >= 4 is 17.9 Å². The molecule has 0 aliphatic heterocycles. The normalized spacial score (nSPS) is 15.2. The second kappa shape index (κ2) is 5.71. The second-order valence-electron chi connectivity index (χ2n) is 6.14. The minimum atomic E-state index is -1.05. The number of carboxylic acid groups (broad SMARTS) is 1. The second-order valence-corrected chi connectivity index (χ2v) is 6.14. The summed E-state index contributed by atoms with van der Waals surface area (Å²) in [5, 5.41) is 9.06. The van der Waals surface area contributed by atoms with E-state index in [4.69, 9.17) is 9.84 Å². The maximum absolute atomic E-state index is 12.4. The highest BCUT2D eigenvalue weighted by atomic mass is 16.6. The average molecular weight is 292 g/mol. The van der Waals surface area contributed by atoms with Crippen LogP contribution < -0.4 is 4.90 Å². The van der Waals surface area contributed by atoms with Gasteiger partial charge in [0.2, 0.25) is 0 Å². The Kier molecular flexibility index (Phi) is 4.16. The van der Waals surface area contributed by atoms with Crippen molar-refractivity contribution in [2.45, 2.75) is 51.7 Å². The van der Waals surface area contributed by atoms with Crippen molar-refractivity contribution < 1.29 is 19.4 Å². The monoisotopic (exact) mass is 292 g/mol. The van der Waals surface area contributed by atoms with Crippen LogP contribution in [0.15, 0.2) is 18.3 Å². The Morgan fingerprint density at radius 1 is 1.38 bits per heavy atom. The highest BCUT2D eigenvalue weighted by molar-refractivity contribution is 5.92. The van der Waals surface area contributed by atoms with Crippen LogP contribution in [0.25, 0.3) is 0 Å². The predicted octanol–water partition coefficient (Wildman–Crippen LogP) is 3.07. The van der Waals surface area contributed by atoms with Gasteiger partial charge in [-0.25, -0.2) is 14.6 Å². The van der Waals surface area contributed by atoms with Crippen molar-refractivity contribution in [2.24, 2.45) is 0 Å². The van der Waals surface area contributed by atoms with Crippen LogP contribution in [0.5, 0.6) is 0 Å². The lowest BCUT2D eigenvalue weighted by molar-refractivity contribution is 0.0546.